The Balaban J connectivity index is 0.649. The van der Waals surface area contributed by atoms with Gasteiger partial charge in [-0.25, -0.2) is 14.0 Å². The summed E-state index contributed by atoms with van der Waals surface area (Å²) in [6.45, 7) is 9.78. The van der Waals surface area contributed by atoms with Gasteiger partial charge >= 0.3 is 11.7 Å². The lowest BCUT2D eigenvalue weighted by atomic mass is 9.44. The maximum atomic E-state index is 17.4. The number of allylic oxidation sites excluding steroid dienone is 4. The summed E-state index contributed by atoms with van der Waals surface area (Å²) in [6, 6.07) is 5.36. The van der Waals surface area contributed by atoms with Crippen LogP contribution in [0.25, 0.3) is 21.9 Å². The normalized spacial score (nSPS) is 27.3. The van der Waals surface area contributed by atoms with Crippen LogP contribution in [0.5, 0.6) is 0 Å². The number of alkyl carbamates (subject to hydrolysis) is 1. The van der Waals surface area contributed by atoms with E-state index in [9.17, 15) is 39.0 Å². The number of aliphatic hydroxyl groups is 2. The summed E-state index contributed by atoms with van der Waals surface area (Å²) < 4.78 is 34.2. The van der Waals surface area contributed by atoms with Gasteiger partial charge in [-0.3, -0.25) is 19.2 Å². The van der Waals surface area contributed by atoms with Gasteiger partial charge in [0.05, 0.1) is 12.6 Å². The Kier molecular flexibility index (Phi) is 18.3. The minimum atomic E-state index is -2.07. The average Bonchev–Trinajstić information content (AvgIpc) is 3.86. The van der Waals surface area contributed by atoms with Crippen LogP contribution in [-0.2, 0) is 30.5 Å². The number of benzene rings is 1. The Morgan fingerprint density at radius 2 is 1.38 bits per heavy atom. The third-order valence-corrected chi connectivity index (χ3v) is 17.4. The third-order valence-electron chi connectivity index (χ3n) is 17.4. The third kappa shape index (κ3) is 11.9. The molecule has 3 amide bonds. The van der Waals surface area contributed by atoms with Gasteiger partial charge in [0.15, 0.2) is 18.1 Å². The van der Waals surface area contributed by atoms with E-state index < -0.39 is 64.4 Å². The van der Waals surface area contributed by atoms with E-state index in [0.717, 1.165) is 118 Å². The lowest BCUT2D eigenvalue weighted by molar-refractivity contribution is -0.219. The molecule has 3 saturated carbocycles. The van der Waals surface area contributed by atoms with Crippen molar-refractivity contribution in [1.82, 2.24) is 16.0 Å². The largest absolute Gasteiger partial charge is 0.459 e. The van der Waals surface area contributed by atoms with E-state index >= 15 is 4.39 Å². The molecule has 8 atom stereocenters. The number of carbonyl (C=O) groups is 5. The Morgan fingerprint density at radius 1 is 0.781 bits per heavy atom. The predicted molar refractivity (Wildman–Crippen MR) is 277 cm³/mol. The number of unbranched alkanes of at least 4 members (excludes halogenated alkanes) is 13. The van der Waals surface area contributed by atoms with Gasteiger partial charge in [-0.05, 0) is 114 Å². The van der Waals surface area contributed by atoms with Gasteiger partial charge < -0.3 is 39.7 Å². The zero-order chi connectivity index (χ0) is 52.6. The number of alkyl halides is 1. The second kappa shape index (κ2) is 24.0. The molecule has 14 nitrogen and oxygen atoms in total. The van der Waals surface area contributed by atoms with Gasteiger partial charge in [0.1, 0.15) is 22.5 Å². The molecule has 5 unspecified atom stereocenters. The van der Waals surface area contributed by atoms with Crippen molar-refractivity contribution in [2.75, 3.05) is 19.7 Å². The molecule has 400 valence electrons. The number of rotatable bonds is 26. The fraction of sp³-hybridized carbons (Fsp3) is 0.655. The topological polar surface area (TPSA) is 214 Å². The number of ketones is 2. The fourth-order valence-corrected chi connectivity index (χ4v) is 13.3. The number of hydrogen-bond acceptors (Lipinski definition) is 11. The number of ether oxygens (including phenoxy) is 1. The SMILES string of the molecule is Cc1cc(=O)oc2c(C)c3oc(CNC(=O)CCCCCCCCCCNC(=O)CCCCCCCCCNC(=O)OCC(=O)[C@@]4(O)[C@H](C)CC5C6CCC7=CC(=O)C=CC7(C)[C@@]6(F)C(O)CC54C)cc3cc12. The number of halogens is 1. The Bertz CT molecular complexity index is 2620. The number of furan rings is 1. The summed E-state index contributed by atoms with van der Waals surface area (Å²) in [6.07, 6.45) is 19.3. The maximum Gasteiger partial charge on any atom is 0.407 e. The van der Waals surface area contributed by atoms with Crippen LogP contribution in [0.4, 0.5) is 9.18 Å². The first-order chi connectivity index (χ1) is 34.8. The van der Waals surface area contributed by atoms with Crippen LogP contribution < -0.4 is 21.6 Å². The van der Waals surface area contributed by atoms with Crippen molar-refractivity contribution in [3.63, 3.8) is 0 Å². The molecule has 2 heterocycles. The monoisotopic (exact) mass is 1010 g/mol. The second-order valence-corrected chi connectivity index (χ2v) is 22.3. The molecule has 4 aliphatic carbocycles. The number of carbonyl (C=O) groups excluding carboxylic acids is 5. The number of aliphatic hydroxyl groups excluding tert-OH is 1. The predicted octanol–water partition coefficient (Wildman–Crippen LogP) is 10.2. The number of Topliss-reactive ketones (excluding diaryl/α,β-unsaturated/α-hetero) is 1. The lowest BCUT2D eigenvalue weighted by Crippen LogP contribution is -2.69. The van der Waals surface area contributed by atoms with Crippen LogP contribution >= 0.6 is 0 Å². The van der Waals surface area contributed by atoms with E-state index in [1.807, 2.05) is 26.0 Å². The molecule has 15 heteroatoms. The molecule has 3 fully saturated rings. The maximum absolute atomic E-state index is 17.4. The summed E-state index contributed by atoms with van der Waals surface area (Å²) in [5.74, 6) is -1.66. The van der Waals surface area contributed by atoms with E-state index in [-0.39, 0.29) is 29.6 Å². The van der Waals surface area contributed by atoms with E-state index in [0.29, 0.717) is 74.2 Å². The number of fused-ring (bicyclic) bond motifs is 7. The number of amides is 3. The molecule has 0 radical (unpaired) electrons. The van der Waals surface area contributed by atoms with Crippen molar-refractivity contribution in [3.05, 3.63) is 69.3 Å². The zero-order valence-electron chi connectivity index (χ0n) is 43.9. The van der Waals surface area contributed by atoms with E-state index in [4.69, 9.17) is 13.6 Å². The standard InChI is InChI=1S/C58H80FN3O11/c1-37-29-51(68)73-53-39(3)52-40(32-44(37)53)31-43(72-52)35-62-50(67)22-18-14-9-6-7-11-15-19-27-60-49(66)21-17-13-10-8-12-16-20-28-61-54(69)71-36-48(65)58(70)38(2)30-46-45-24-23-41-33-42(63)25-26-55(41,4)57(45,59)47(64)34-56(46,58)5/h25-26,29,31-33,38,45-47,64,70H,6-24,27-28,30,34-36H2,1-5H3,(H,60,66)(H,61,69)(H,62,67)/t38-,45?,46?,47?,55?,56?,57+,58+/m1/s1. The number of hydrogen-bond donors (Lipinski definition) is 5. The quantitative estimate of drug-likeness (QED) is 0.0377. The molecule has 73 heavy (non-hydrogen) atoms. The van der Waals surface area contributed by atoms with Gasteiger partial charge in [0.25, 0.3) is 0 Å². The Hall–Kier alpha value is -5.15. The highest BCUT2D eigenvalue weighted by Crippen LogP contribution is 2.70. The summed E-state index contributed by atoms with van der Waals surface area (Å²) in [4.78, 5) is 75.2. The molecule has 1 aromatic carbocycles. The van der Waals surface area contributed by atoms with Gasteiger partial charge in [0, 0.05) is 65.1 Å². The fourth-order valence-electron chi connectivity index (χ4n) is 13.3. The molecule has 3 aromatic rings. The molecule has 0 spiro atoms. The minimum Gasteiger partial charge on any atom is -0.459 e. The number of nitrogens with one attached hydrogen (secondary N) is 3. The molecular formula is C58H80FN3O11. The zero-order valence-corrected chi connectivity index (χ0v) is 43.9. The van der Waals surface area contributed by atoms with E-state index in [2.05, 4.69) is 16.0 Å². The molecule has 0 bridgehead atoms. The van der Waals surface area contributed by atoms with Crippen molar-refractivity contribution in [1.29, 1.82) is 0 Å². The molecule has 0 aliphatic heterocycles. The summed E-state index contributed by atoms with van der Waals surface area (Å²) in [7, 11) is 0. The van der Waals surface area contributed by atoms with Crippen molar-refractivity contribution in [2.45, 2.75) is 193 Å². The minimum absolute atomic E-state index is 0.000188. The van der Waals surface area contributed by atoms with E-state index in [1.54, 1.807) is 26.8 Å². The van der Waals surface area contributed by atoms with E-state index in [1.165, 1.54) is 18.2 Å². The second-order valence-electron chi connectivity index (χ2n) is 22.3. The lowest BCUT2D eigenvalue weighted by Gasteiger charge is -2.62. The first-order valence-electron chi connectivity index (χ1n) is 27.3. The van der Waals surface area contributed by atoms with Crippen LogP contribution in [0.1, 0.15) is 172 Å². The molecule has 2 aromatic heterocycles. The highest BCUT2D eigenvalue weighted by Gasteiger charge is 2.75. The van der Waals surface area contributed by atoms with Crippen LogP contribution in [0.3, 0.4) is 0 Å². The van der Waals surface area contributed by atoms with Crippen molar-refractivity contribution < 1.29 is 52.1 Å². The number of aryl methyl sites for hydroxylation is 2. The van der Waals surface area contributed by atoms with Crippen molar-refractivity contribution >= 4 is 51.4 Å². The van der Waals surface area contributed by atoms with Crippen LogP contribution in [0.15, 0.2) is 55.6 Å². The average molecular weight is 1010 g/mol. The highest BCUT2D eigenvalue weighted by molar-refractivity contribution is 6.01. The highest BCUT2D eigenvalue weighted by atomic mass is 19.1. The summed E-state index contributed by atoms with van der Waals surface area (Å²) in [5, 5.41) is 34.2. The van der Waals surface area contributed by atoms with Crippen molar-refractivity contribution in [3.8, 4) is 0 Å². The smallest absolute Gasteiger partial charge is 0.407 e. The van der Waals surface area contributed by atoms with Crippen LogP contribution in [-0.4, -0.2) is 76.8 Å². The van der Waals surface area contributed by atoms with Crippen molar-refractivity contribution in [2.24, 2.45) is 28.6 Å². The Labute approximate surface area is 429 Å². The Morgan fingerprint density at radius 3 is 2.04 bits per heavy atom. The first-order valence-corrected chi connectivity index (χ1v) is 27.3. The molecule has 7 rings (SSSR count). The van der Waals surface area contributed by atoms with Gasteiger partial charge in [-0.2, -0.15) is 0 Å². The molecular weight excluding hydrogens is 934 g/mol. The van der Waals surface area contributed by atoms with Crippen LogP contribution in [0, 0.1) is 42.4 Å². The first kappa shape index (κ1) is 55.6. The van der Waals surface area contributed by atoms with Gasteiger partial charge in [0.2, 0.25) is 17.6 Å². The summed E-state index contributed by atoms with van der Waals surface area (Å²) >= 11 is 0. The van der Waals surface area contributed by atoms with Gasteiger partial charge in [-0.1, -0.05) is 96.1 Å². The van der Waals surface area contributed by atoms with Gasteiger partial charge in [-0.15, -0.1) is 0 Å². The van der Waals surface area contributed by atoms with Crippen LogP contribution in [0.2, 0.25) is 0 Å². The summed E-state index contributed by atoms with van der Waals surface area (Å²) in [5.41, 5.74) is -3.20. The molecule has 4 aliphatic rings. The molecule has 5 N–H and O–H groups in total. The molecule has 0 saturated heterocycles.